The van der Waals surface area contributed by atoms with Gasteiger partial charge in [-0.25, -0.2) is 9.79 Å². The van der Waals surface area contributed by atoms with E-state index in [1.807, 2.05) is 73.7 Å². The molecule has 0 aliphatic heterocycles. The Morgan fingerprint density at radius 1 is 1.15 bits per heavy atom. The number of thiazole rings is 1. The summed E-state index contributed by atoms with van der Waals surface area (Å²) in [5.41, 5.74) is 3.36. The second kappa shape index (κ2) is 10.1. The van der Waals surface area contributed by atoms with Gasteiger partial charge in [-0.1, -0.05) is 41.6 Å². The van der Waals surface area contributed by atoms with Gasteiger partial charge in [-0.2, -0.15) is 0 Å². The molecule has 0 radical (unpaired) electrons. The van der Waals surface area contributed by atoms with Crippen molar-refractivity contribution < 1.29 is 18.8 Å². The van der Waals surface area contributed by atoms with E-state index in [-0.39, 0.29) is 6.61 Å². The molecule has 0 saturated carbocycles. The first kappa shape index (κ1) is 22.3. The van der Waals surface area contributed by atoms with Crippen LogP contribution in [0.15, 0.2) is 69.5 Å². The van der Waals surface area contributed by atoms with Gasteiger partial charge in [-0.3, -0.25) is 4.57 Å². The fourth-order valence-corrected chi connectivity index (χ4v) is 4.09. The number of aryl methyl sites for hydroxylation is 1. The molecule has 0 aliphatic rings. The lowest BCUT2D eigenvalue weighted by molar-refractivity contribution is 0.0516. The van der Waals surface area contributed by atoms with E-state index in [0.717, 1.165) is 17.0 Å². The molecule has 0 fully saturated rings. The molecule has 0 unspecified atom stereocenters. The van der Waals surface area contributed by atoms with Crippen molar-refractivity contribution in [2.75, 3.05) is 13.7 Å². The summed E-state index contributed by atoms with van der Waals surface area (Å²) >= 11 is 1.35. The van der Waals surface area contributed by atoms with Crippen LogP contribution in [0.25, 0.3) is 17.8 Å². The van der Waals surface area contributed by atoms with Gasteiger partial charge in [0.1, 0.15) is 22.8 Å². The zero-order chi connectivity index (χ0) is 23.2. The lowest BCUT2D eigenvalue weighted by atomic mass is 10.2. The molecule has 0 amide bonds. The van der Waals surface area contributed by atoms with Gasteiger partial charge in [-0.05, 0) is 49.8 Å². The first-order valence-electron chi connectivity index (χ1n) is 10.4. The Hall–Kier alpha value is -3.91. The second-order valence-electron chi connectivity index (χ2n) is 6.99. The van der Waals surface area contributed by atoms with Gasteiger partial charge >= 0.3 is 5.97 Å². The number of methoxy groups -OCH3 is 1. The number of nitrogens with zero attached hydrogens (tertiary/aromatic N) is 3. The van der Waals surface area contributed by atoms with E-state index < -0.39 is 5.97 Å². The summed E-state index contributed by atoms with van der Waals surface area (Å²) < 4.78 is 17.9. The molecule has 4 rings (SSSR count). The standard InChI is InChI=1S/C25H23N3O4S/c1-4-31-24(29)21-16-33-25(26-19-8-6-5-7-9-19)28(21)23-17(2)27-32-22(23)15-12-18-10-13-20(30-3)14-11-18/h5-16H,4H2,1-3H3/b15-12+,26-25?. The van der Waals surface area contributed by atoms with Crippen molar-refractivity contribution in [3.63, 3.8) is 0 Å². The Labute approximate surface area is 195 Å². The molecule has 2 heterocycles. The van der Waals surface area contributed by atoms with E-state index >= 15 is 0 Å². The maximum Gasteiger partial charge on any atom is 0.356 e. The van der Waals surface area contributed by atoms with Gasteiger partial charge in [0.2, 0.25) is 0 Å². The Balaban J connectivity index is 1.83. The maximum absolute atomic E-state index is 12.7. The maximum atomic E-state index is 12.7. The molecule has 4 aromatic rings. The molecular weight excluding hydrogens is 438 g/mol. The average molecular weight is 462 g/mol. The highest BCUT2D eigenvalue weighted by Gasteiger charge is 2.22. The van der Waals surface area contributed by atoms with Crippen molar-refractivity contribution in [3.05, 3.63) is 87.5 Å². The second-order valence-corrected chi connectivity index (χ2v) is 7.83. The summed E-state index contributed by atoms with van der Waals surface area (Å²) in [5.74, 6) is 0.846. The Kier molecular flexibility index (Phi) is 6.85. The highest BCUT2D eigenvalue weighted by molar-refractivity contribution is 7.07. The molecule has 8 heteroatoms. The number of ether oxygens (including phenoxy) is 2. The number of para-hydroxylation sites is 1. The quantitative estimate of drug-likeness (QED) is 0.343. The van der Waals surface area contributed by atoms with Crippen molar-refractivity contribution in [1.82, 2.24) is 9.72 Å². The van der Waals surface area contributed by atoms with Crippen LogP contribution in [-0.4, -0.2) is 29.4 Å². The van der Waals surface area contributed by atoms with Crippen molar-refractivity contribution >= 4 is 35.1 Å². The van der Waals surface area contributed by atoms with Crippen LogP contribution in [0, 0.1) is 6.92 Å². The number of carbonyl (C=O) groups excluding carboxylic acids is 1. The smallest absolute Gasteiger partial charge is 0.356 e. The van der Waals surface area contributed by atoms with Gasteiger partial charge in [0.05, 0.1) is 19.4 Å². The number of benzene rings is 2. The monoisotopic (exact) mass is 461 g/mol. The van der Waals surface area contributed by atoms with Gasteiger partial charge in [0.15, 0.2) is 10.6 Å². The van der Waals surface area contributed by atoms with E-state index in [4.69, 9.17) is 19.0 Å². The van der Waals surface area contributed by atoms with Crippen LogP contribution in [0.2, 0.25) is 0 Å². The number of hydrogen-bond donors (Lipinski definition) is 0. The van der Waals surface area contributed by atoms with Crippen LogP contribution < -0.4 is 9.54 Å². The van der Waals surface area contributed by atoms with Crippen molar-refractivity contribution in [2.24, 2.45) is 4.99 Å². The lowest BCUT2D eigenvalue weighted by Crippen LogP contribution is -2.20. The number of carbonyl (C=O) groups is 1. The predicted octanol–water partition coefficient (Wildman–Crippen LogP) is 5.42. The normalized spacial score (nSPS) is 11.8. The minimum atomic E-state index is -0.436. The van der Waals surface area contributed by atoms with Crippen LogP contribution in [0.3, 0.4) is 0 Å². The van der Waals surface area contributed by atoms with Crippen LogP contribution in [0.4, 0.5) is 5.69 Å². The van der Waals surface area contributed by atoms with Crippen LogP contribution in [0.1, 0.15) is 34.4 Å². The number of rotatable bonds is 7. The van der Waals surface area contributed by atoms with Crippen molar-refractivity contribution in [2.45, 2.75) is 13.8 Å². The van der Waals surface area contributed by atoms with Crippen molar-refractivity contribution in [1.29, 1.82) is 0 Å². The molecule has 2 aromatic heterocycles. The zero-order valence-corrected chi connectivity index (χ0v) is 19.3. The molecule has 0 N–H and O–H groups in total. The summed E-state index contributed by atoms with van der Waals surface area (Å²) in [4.78, 5) is 18.1. The Bertz CT molecular complexity index is 1330. The van der Waals surface area contributed by atoms with E-state index in [0.29, 0.717) is 27.6 Å². The zero-order valence-electron chi connectivity index (χ0n) is 18.5. The predicted molar refractivity (Wildman–Crippen MR) is 128 cm³/mol. The highest BCUT2D eigenvalue weighted by Crippen LogP contribution is 2.24. The molecule has 0 saturated heterocycles. The minimum Gasteiger partial charge on any atom is -0.497 e. The molecule has 7 nitrogen and oxygen atoms in total. The van der Waals surface area contributed by atoms with Crippen molar-refractivity contribution in [3.8, 4) is 11.4 Å². The molecule has 2 aromatic carbocycles. The summed E-state index contributed by atoms with van der Waals surface area (Å²) in [7, 11) is 1.63. The third kappa shape index (κ3) is 4.96. The third-order valence-electron chi connectivity index (χ3n) is 4.80. The largest absolute Gasteiger partial charge is 0.497 e. The van der Waals surface area contributed by atoms with Crippen LogP contribution in [-0.2, 0) is 4.74 Å². The first-order chi connectivity index (χ1) is 16.1. The van der Waals surface area contributed by atoms with E-state index in [9.17, 15) is 4.79 Å². The summed E-state index contributed by atoms with van der Waals surface area (Å²) in [6, 6.07) is 17.2. The SMILES string of the molecule is CCOC(=O)c1csc(=Nc2ccccc2)n1-c1c(C)noc1/C=C/c1ccc(OC)cc1. The number of esters is 1. The fourth-order valence-electron chi connectivity index (χ4n) is 3.22. The number of aromatic nitrogens is 2. The molecule has 0 atom stereocenters. The van der Waals surface area contributed by atoms with E-state index in [2.05, 4.69) is 5.16 Å². The van der Waals surface area contributed by atoms with Crippen LogP contribution in [0.5, 0.6) is 5.75 Å². The van der Waals surface area contributed by atoms with E-state index in [1.165, 1.54) is 11.3 Å². The first-order valence-corrected chi connectivity index (χ1v) is 11.2. The Morgan fingerprint density at radius 2 is 1.91 bits per heavy atom. The third-order valence-corrected chi connectivity index (χ3v) is 5.62. The fraction of sp³-hybridized carbons (Fsp3) is 0.160. The highest BCUT2D eigenvalue weighted by atomic mass is 32.1. The van der Waals surface area contributed by atoms with Crippen LogP contribution >= 0.6 is 11.3 Å². The van der Waals surface area contributed by atoms with Gasteiger partial charge in [0.25, 0.3) is 0 Å². The Morgan fingerprint density at radius 3 is 2.61 bits per heavy atom. The molecule has 0 spiro atoms. The van der Waals surface area contributed by atoms with Gasteiger partial charge in [-0.15, -0.1) is 11.3 Å². The number of hydrogen-bond acceptors (Lipinski definition) is 7. The van der Waals surface area contributed by atoms with Gasteiger partial charge in [0, 0.05) is 5.38 Å². The summed E-state index contributed by atoms with van der Waals surface area (Å²) in [5, 5.41) is 5.89. The molecule has 33 heavy (non-hydrogen) atoms. The van der Waals surface area contributed by atoms with E-state index in [1.54, 1.807) is 24.0 Å². The molecular formula is C25H23N3O4S. The summed E-state index contributed by atoms with van der Waals surface area (Å²) in [6.45, 7) is 3.87. The average Bonchev–Trinajstić information content (AvgIpc) is 3.41. The molecule has 168 valence electrons. The van der Waals surface area contributed by atoms with Gasteiger partial charge < -0.3 is 14.0 Å². The minimum absolute atomic E-state index is 0.271. The lowest BCUT2D eigenvalue weighted by Gasteiger charge is -2.08. The molecule has 0 bridgehead atoms. The summed E-state index contributed by atoms with van der Waals surface area (Å²) in [6.07, 6.45) is 3.73. The topological polar surface area (TPSA) is 78.9 Å². The molecule has 0 aliphatic carbocycles.